The van der Waals surface area contributed by atoms with Crippen LogP contribution in [-0.2, 0) is 0 Å². The number of halogens is 1. The number of nitrogen functional groups attached to an aromatic ring is 2. The summed E-state index contributed by atoms with van der Waals surface area (Å²) in [5, 5.41) is 6.75. The Balaban J connectivity index is 1.19. The highest BCUT2D eigenvalue weighted by Crippen LogP contribution is 2.27. The van der Waals surface area contributed by atoms with Gasteiger partial charge in [-0.2, -0.15) is 0 Å². The van der Waals surface area contributed by atoms with Crippen LogP contribution < -0.4 is 22.1 Å². The molecule has 11 nitrogen and oxygen atoms in total. The van der Waals surface area contributed by atoms with E-state index >= 15 is 0 Å². The molecule has 0 saturated carbocycles. The molecule has 33 heavy (non-hydrogen) atoms. The molecule has 12 heteroatoms. The van der Waals surface area contributed by atoms with Gasteiger partial charge in [0.1, 0.15) is 5.58 Å². The number of aliphatic imine (C=N–C) groups is 1. The molecule has 3 aromatic rings. The summed E-state index contributed by atoms with van der Waals surface area (Å²) in [6, 6.07) is 7.26. The number of carbonyl (C=O) groups excluding carboxylic acids is 2. The number of furan rings is 1. The van der Waals surface area contributed by atoms with Crippen molar-refractivity contribution in [2.24, 2.45) is 4.99 Å². The van der Waals surface area contributed by atoms with Crippen LogP contribution in [-0.4, -0.2) is 57.8 Å². The van der Waals surface area contributed by atoms with Crippen LogP contribution in [0.25, 0.3) is 11.0 Å². The van der Waals surface area contributed by atoms with Gasteiger partial charge in [0, 0.05) is 24.0 Å². The quantitative estimate of drug-likeness (QED) is 0.438. The fourth-order valence-corrected chi connectivity index (χ4v) is 4.24. The summed E-state index contributed by atoms with van der Waals surface area (Å²) in [5.74, 6) is -0.461. The van der Waals surface area contributed by atoms with Gasteiger partial charge in [-0.3, -0.25) is 19.9 Å². The monoisotopic (exact) mass is 468 g/mol. The van der Waals surface area contributed by atoms with E-state index in [0.717, 1.165) is 11.0 Å². The number of fused-ring (bicyclic) bond motifs is 1. The van der Waals surface area contributed by atoms with Gasteiger partial charge in [0.2, 0.25) is 0 Å². The van der Waals surface area contributed by atoms with Crippen molar-refractivity contribution in [2.45, 2.75) is 18.4 Å². The molecule has 0 bridgehead atoms. The van der Waals surface area contributed by atoms with Gasteiger partial charge < -0.3 is 26.1 Å². The number of benzene rings is 1. The average Bonchev–Trinajstić information content (AvgIpc) is 3.43. The highest BCUT2D eigenvalue weighted by molar-refractivity contribution is 6.31. The van der Waals surface area contributed by atoms with Gasteiger partial charge in [0.25, 0.3) is 11.8 Å². The lowest BCUT2D eigenvalue weighted by Gasteiger charge is -2.39. The minimum atomic E-state index is -0.590. The van der Waals surface area contributed by atoms with E-state index in [1.54, 1.807) is 18.4 Å². The molecular formula is C21H21ClN8O3. The van der Waals surface area contributed by atoms with Crippen molar-refractivity contribution >= 4 is 52.0 Å². The molecule has 0 radical (unpaired) electrons. The maximum Gasteiger partial charge on any atom is 0.280 e. The Bertz CT molecular complexity index is 1300. The topological polar surface area (TPSA) is 165 Å². The number of carbonyl (C=O) groups is 2. The molecular weight excluding hydrogens is 448 g/mol. The number of guanidine groups is 1. The minimum Gasteiger partial charge on any atom is -0.464 e. The van der Waals surface area contributed by atoms with Crippen molar-refractivity contribution < 1.29 is 14.0 Å². The Hall–Kier alpha value is -3.86. The Morgan fingerprint density at radius 2 is 1.94 bits per heavy atom. The SMILES string of the molecule is Nc1nc(N)c(C(=O)NC2=NCC3(CCN(C(=O)c4ccc5occc5c4)CC3)N2)nc1Cl. The van der Waals surface area contributed by atoms with E-state index in [2.05, 4.69) is 25.6 Å². The first-order valence-electron chi connectivity index (χ1n) is 10.3. The third-order valence-electron chi connectivity index (χ3n) is 5.98. The maximum absolute atomic E-state index is 13.0. The average molecular weight is 469 g/mol. The van der Waals surface area contributed by atoms with Crippen LogP contribution in [0.2, 0.25) is 5.15 Å². The highest BCUT2D eigenvalue weighted by Gasteiger charge is 2.40. The summed E-state index contributed by atoms with van der Waals surface area (Å²) in [6.45, 7) is 1.62. The zero-order valence-electron chi connectivity index (χ0n) is 17.5. The van der Waals surface area contributed by atoms with Crippen LogP contribution in [0.4, 0.5) is 11.6 Å². The van der Waals surface area contributed by atoms with Gasteiger partial charge in [-0.25, -0.2) is 9.97 Å². The van der Waals surface area contributed by atoms with Crippen LogP contribution >= 0.6 is 11.6 Å². The number of rotatable bonds is 2. The predicted molar refractivity (Wildman–Crippen MR) is 123 cm³/mol. The largest absolute Gasteiger partial charge is 0.464 e. The number of likely N-dealkylation sites (tertiary alicyclic amines) is 1. The molecule has 0 atom stereocenters. The lowest BCUT2D eigenvalue weighted by atomic mass is 9.88. The molecule has 2 aliphatic rings. The first-order chi connectivity index (χ1) is 15.8. The van der Waals surface area contributed by atoms with Gasteiger partial charge in [-0.05, 0) is 37.1 Å². The van der Waals surface area contributed by atoms with E-state index in [4.69, 9.17) is 27.5 Å². The number of nitrogens with two attached hydrogens (primary N) is 2. The molecule has 4 heterocycles. The smallest absolute Gasteiger partial charge is 0.280 e. The van der Waals surface area contributed by atoms with Gasteiger partial charge in [-0.1, -0.05) is 11.6 Å². The maximum atomic E-state index is 13.0. The molecule has 1 saturated heterocycles. The van der Waals surface area contributed by atoms with Crippen molar-refractivity contribution in [1.82, 2.24) is 25.5 Å². The first kappa shape index (κ1) is 21.0. The molecule has 170 valence electrons. The molecule has 2 aliphatic heterocycles. The van der Waals surface area contributed by atoms with Crippen LogP contribution in [0.1, 0.15) is 33.7 Å². The lowest BCUT2D eigenvalue weighted by Crippen LogP contribution is -2.57. The van der Waals surface area contributed by atoms with E-state index in [0.29, 0.717) is 44.0 Å². The number of hydrogen-bond acceptors (Lipinski definition) is 9. The second-order valence-corrected chi connectivity index (χ2v) is 8.48. The Morgan fingerprint density at radius 3 is 2.73 bits per heavy atom. The normalized spacial score (nSPS) is 17.1. The number of hydrogen-bond donors (Lipinski definition) is 4. The molecule has 1 fully saturated rings. The number of anilines is 2. The van der Waals surface area contributed by atoms with Crippen molar-refractivity contribution in [1.29, 1.82) is 0 Å². The van der Waals surface area contributed by atoms with Crippen LogP contribution in [0.15, 0.2) is 39.9 Å². The number of piperidine rings is 1. The van der Waals surface area contributed by atoms with Crippen LogP contribution in [0, 0.1) is 0 Å². The Labute approximate surface area is 193 Å². The summed E-state index contributed by atoms with van der Waals surface area (Å²) >= 11 is 5.85. The van der Waals surface area contributed by atoms with E-state index in [-0.39, 0.29) is 33.9 Å². The fraction of sp³-hybridized carbons (Fsp3) is 0.286. The van der Waals surface area contributed by atoms with Crippen molar-refractivity contribution in [2.75, 3.05) is 31.1 Å². The van der Waals surface area contributed by atoms with Crippen LogP contribution in [0.3, 0.4) is 0 Å². The van der Waals surface area contributed by atoms with Crippen molar-refractivity contribution in [3.8, 4) is 0 Å². The zero-order chi connectivity index (χ0) is 23.2. The molecule has 6 N–H and O–H groups in total. The summed E-state index contributed by atoms with van der Waals surface area (Å²) in [7, 11) is 0. The first-order valence-corrected chi connectivity index (χ1v) is 10.7. The van der Waals surface area contributed by atoms with Gasteiger partial charge in [0.15, 0.2) is 28.4 Å². The molecule has 2 aromatic heterocycles. The second kappa shape index (κ2) is 7.93. The van der Waals surface area contributed by atoms with E-state index < -0.39 is 5.91 Å². The predicted octanol–water partition coefficient (Wildman–Crippen LogP) is 1.40. The third kappa shape index (κ3) is 3.91. The summed E-state index contributed by atoms with van der Waals surface area (Å²) in [5.41, 5.74) is 12.2. The summed E-state index contributed by atoms with van der Waals surface area (Å²) in [4.78, 5) is 39.5. The number of nitrogens with zero attached hydrogens (tertiary/aromatic N) is 4. The summed E-state index contributed by atoms with van der Waals surface area (Å²) in [6.07, 6.45) is 2.98. The fourth-order valence-electron chi connectivity index (χ4n) is 4.11. The second-order valence-electron chi connectivity index (χ2n) is 8.12. The number of nitrogens with one attached hydrogen (secondary N) is 2. The van der Waals surface area contributed by atoms with Crippen molar-refractivity contribution in [3.05, 3.63) is 46.9 Å². The molecule has 5 rings (SSSR count). The van der Waals surface area contributed by atoms with Gasteiger partial charge in [0.05, 0.1) is 18.3 Å². The Morgan fingerprint density at radius 1 is 1.15 bits per heavy atom. The molecule has 0 aliphatic carbocycles. The molecule has 1 spiro atoms. The lowest BCUT2D eigenvalue weighted by molar-refractivity contribution is 0.0668. The van der Waals surface area contributed by atoms with Gasteiger partial charge >= 0.3 is 0 Å². The number of aromatic nitrogens is 2. The molecule has 0 unspecified atom stereocenters. The Kier molecular flexibility index (Phi) is 5.05. The molecule has 1 aromatic carbocycles. The highest BCUT2D eigenvalue weighted by atomic mass is 35.5. The van der Waals surface area contributed by atoms with E-state index in [9.17, 15) is 9.59 Å². The van der Waals surface area contributed by atoms with E-state index in [1.165, 1.54) is 0 Å². The van der Waals surface area contributed by atoms with Gasteiger partial charge in [-0.15, -0.1) is 0 Å². The van der Waals surface area contributed by atoms with Crippen LogP contribution in [0.5, 0.6) is 0 Å². The third-order valence-corrected chi connectivity index (χ3v) is 6.26. The zero-order valence-corrected chi connectivity index (χ0v) is 18.2. The van der Waals surface area contributed by atoms with E-state index in [1.807, 2.05) is 17.0 Å². The minimum absolute atomic E-state index is 0.0188. The van der Waals surface area contributed by atoms with Crippen molar-refractivity contribution in [3.63, 3.8) is 0 Å². The number of amides is 2. The molecule has 2 amide bonds. The summed E-state index contributed by atoms with van der Waals surface area (Å²) < 4.78 is 5.34. The standard InChI is InChI=1S/C21H21ClN8O3/c22-15-17(24)27-16(23)14(26-15)18(31)28-20-25-10-21(29-20)4-6-30(7-5-21)19(32)12-1-2-13-11(9-12)3-8-33-13/h1-3,8-9H,4-7,10H2,(H4,23,24,27)(H2,25,28,29,31).